The van der Waals surface area contributed by atoms with Gasteiger partial charge in [-0.15, -0.1) is 0 Å². The van der Waals surface area contributed by atoms with Gasteiger partial charge in [0, 0.05) is 30.8 Å². The lowest BCUT2D eigenvalue weighted by Crippen LogP contribution is -2.41. The number of sulfonamides is 1. The number of halogens is 2. The molecule has 0 radical (unpaired) electrons. The van der Waals surface area contributed by atoms with Crippen molar-refractivity contribution in [3.63, 3.8) is 0 Å². The highest BCUT2D eigenvalue weighted by Crippen LogP contribution is 2.33. The van der Waals surface area contributed by atoms with Crippen LogP contribution >= 0.6 is 23.2 Å². The number of nitrogens with two attached hydrogens (primary N) is 1. The van der Waals surface area contributed by atoms with Crippen LogP contribution in [0.2, 0.25) is 10.0 Å². The van der Waals surface area contributed by atoms with E-state index in [1.54, 1.807) is 6.07 Å². The summed E-state index contributed by atoms with van der Waals surface area (Å²) in [7, 11) is -0.802. The Kier molecular flexibility index (Phi) is 7.20. The summed E-state index contributed by atoms with van der Waals surface area (Å²) in [6.45, 7) is 0.441. The fraction of sp³-hybridized carbons (Fsp3) is 0.350. The Morgan fingerprint density at radius 3 is 2.19 bits per heavy atom. The minimum atomic E-state index is -3.73. The van der Waals surface area contributed by atoms with Crippen molar-refractivity contribution in [2.24, 2.45) is 5.92 Å². The summed E-state index contributed by atoms with van der Waals surface area (Å²) in [6, 6.07) is 7.51. The quantitative estimate of drug-likeness (QED) is 0.601. The van der Waals surface area contributed by atoms with E-state index in [-0.39, 0.29) is 45.5 Å². The van der Waals surface area contributed by atoms with Gasteiger partial charge in [-0.3, -0.25) is 4.79 Å². The second-order valence-electron chi connectivity index (χ2n) is 7.04. The number of nitrogen functional groups attached to an aromatic ring is 1. The van der Waals surface area contributed by atoms with Gasteiger partial charge in [-0.2, -0.15) is 4.31 Å². The number of hydrogen-bond acceptors (Lipinski definition) is 6. The van der Waals surface area contributed by atoms with Crippen molar-refractivity contribution >= 4 is 50.5 Å². The molecular formula is C20H23Cl2N3O5S. The van der Waals surface area contributed by atoms with Crippen LogP contribution < -0.4 is 20.5 Å². The lowest BCUT2D eigenvalue weighted by Gasteiger charge is -2.30. The van der Waals surface area contributed by atoms with E-state index in [1.807, 2.05) is 0 Å². The number of amides is 1. The third-order valence-corrected chi connectivity index (χ3v) is 7.68. The summed E-state index contributed by atoms with van der Waals surface area (Å²) in [6.07, 6.45) is 0.767. The predicted molar refractivity (Wildman–Crippen MR) is 121 cm³/mol. The van der Waals surface area contributed by atoms with Gasteiger partial charge in [0.2, 0.25) is 15.9 Å². The van der Waals surface area contributed by atoms with E-state index in [4.69, 9.17) is 38.4 Å². The summed E-state index contributed by atoms with van der Waals surface area (Å²) in [5, 5.41) is 3.27. The normalized spacial score (nSPS) is 15.5. The largest absolute Gasteiger partial charge is 0.493 e. The number of piperidine rings is 1. The number of benzene rings is 2. The summed E-state index contributed by atoms with van der Waals surface area (Å²) in [5.41, 5.74) is 6.39. The van der Waals surface area contributed by atoms with E-state index < -0.39 is 10.0 Å². The number of nitrogens with one attached hydrogen (secondary N) is 1. The highest BCUT2D eigenvalue weighted by molar-refractivity contribution is 7.89. The van der Waals surface area contributed by atoms with Gasteiger partial charge < -0.3 is 20.5 Å². The Labute approximate surface area is 191 Å². The molecule has 2 aromatic carbocycles. The van der Waals surface area contributed by atoms with Crippen LogP contribution in [0.4, 0.5) is 11.4 Å². The Hall–Kier alpha value is -2.20. The van der Waals surface area contributed by atoms with E-state index in [2.05, 4.69) is 5.32 Å². The van der Waals surface area contributed by atoms with Crippen molar-refractivity contribution in [3.8, 4) is 11.5 Å². The van der Waals surface area contributed by atoms with Crippen LogP contribution in [-0.2, 0) is 14.8 Å². The number of ether oxygens (including phenoxy) is 2. The maximum Gasteiger partial charge on any atom is 0.243 e. The molecule has 2 aromatic rings. The molecule has 1 fully saturated rings. The predicted octanol–water partition coefficient (Wildman–Crippen LogP) is 3.63. The second-order valence-corrected chi connectivity index (χ2v) is 9.79. The second kappa shape index (κ2) is 9.52. The average Bonchev–Trinajstić information content (AvgIpc) is 2.76. The molecule has 0 aromatic heterocycles. The topological polar surface area (TPSA) is 111 Å². The first-order chi connectivity index (χ1) is 14.7. The first kappa shape index (κ1) is 23.5. The molecule has 0 spiro atoms. The van der Waals surface area contributed by atoms with Crippen LogP contribution in [0.15, 0.2) is 35.2 Å². The van der Waals surface area contributed by atoms with Crippen molar-refractivity contribution in [1.29, 1.82) is 0 Å². The molecule has 1 heterocycles. The Morgan fingerprint density at radius 1 is 1.06 bits per heavy atom. The van der Waals surface area contributed by atoms with Crippen LogP contribution in [0.3, 0.4) is 0 Å². The number of carbonyl (C=O) groups is 1. The molecule has 3 rings (SSSR count). The number of methoxy groups -OCH3 is 2. The van der Waals surface area contributed by atoms with Gasteiger partial charge in [-0.25, -0.2) is 8.42 Å². The van der Waals surface area contributed by atoms with Gasteiger partial charge >= 0.3 is 0 Å². The molecule has 1 aliphatic heterocycles. The zero-order valence-electron chi connectivity index (χ0n) is 17.0. The standard InChI is InChI=1S/C20H23Cl2N3O5S/c1-29-17-4-3-14(11-18(17)30-2)31(27,28)25-7-5-12(6-8-25)20(26)24-13-9-15(21)19(23)16(22)10-13/h3-4,9-12H,5-8,23H2,1-2H3,(H,24,26). The molecule has 3 N–H and O–H groups in total. The third-order valence-electron chi connectivity index (χ3n) is 5.16. The maximum atomic E-state index is 13.0. The molecule has 1 aliphatic rings. The minimum absolute atomic E-state index is 0.110. The van der Waals surface area contributed by atoms with Gasteiger partial charge in [-0.05, 0) is 37.1 Å². The Balaban J connectivity index is 1.66. The molecule has 0 aliphatic carbocycles. The number of nitrogens with zero attached hydrogens (tertiary/aromatic N) is 1. The molecule has 168 valence electrons. The molecule has 0 unspecified atom stereocenters. The van der Waals surface area contributed by atoms with Crippen molar-refractivity contribution in [2.45, 2.75) is 17.7 Å². The van der Waals surface area contributed by atoms with Crippen LogP contribution in [-0.4, -0.2) is 45.9 Å². The third kappa shape index (κ3) is 5.01. The zero-order chi connectivity index (χ0) is 22.8. The zero-order valence-corrected chi connectivity index (χ0v) is 19.4. The number of rotatable bonds is 6. The molecule has 31 heavy (non-hydrogen) atoms. The molecule has 1 amide bonds. The van der Waals surface area contributed by atoms with Crippen LogP contribution in [0.5, 0.6) is 11.5 Å². The van der Waals surface area contributed by atoms with Gasteiger partial charge in [0.25, 0.3) is 0 Å². The minimum Gasteiger partial charge on any atom is -0.493 e. The lowest BCUT2D eigenvalue weighted by molar-refractivity contribution is -0.120. The fourth-order valence-electron chi connectivity index (χ4n) is 3.39. The average molecular weight is 488 g/mol. The van der Waals surface area contributed by atoms with Gasteiger partial charge in [0.1, 0.15) is 0 Å². The van der Waals surface area contributed by atoms with Crippen LogP contribution in [0.1, 0.15) is 12.8 Å². The molecule has 8 nitrogen and oxygen atoms in total. The molecule has 0 saturated carbocycles. The van der Waals surface area contributed by atoms with Crippen molar-refractivity contribution in [2.75, 3.05) is 38.4 Å². The lowest BCUT2D eigenvalue weighted by atomic mass is 9.97. The summed E-state index contributed by atoms with van der Waals surface area (Å²) < 4.78 is 37.8. The van der Waals surface area contributed by atoms with Crippen LogP contribution in [0.25, 0.3) is 0 Å². The Morgan fingerprint density at radius 2 is 1.65 bits per heavy atom. The summed E-state index contributed by atoms with van der Waals surface area (Å²) >= 11 is 12.0. The monoisotopic (exact) mass is 487 g/mol. The van der Waals surface area contributed by atoms with Gasteiger partial charge in [0.05, 0.1) is 34.8 Å². The van der Waals surface area contributed by atoms with Gasteiger partial charge in [-0.1, -0.05) is 23.2 Å². The molecular weight excluding hydrogens is 465 g/mol. The summed E-state index contributed by atoms with van der Waals surface area (Å²) in [5.74, 6) is 0.213. The highest BCUT2D eigenvalue weighted by atomic mass is 35.5. The van der Waals surface area contributed by atoms with E-state index in [0.29, 0.717) is 30.0 Å². The fourth-order valence-corrected chi connectivity index (χ4v) is 5.36. The SMILES string of the molecule is COc1ccc(S(=O)(=O)N2CCC(C(=O)Nc3cc(Cl)c(N)c(Cl)c3)CC2)cc1OC. The van der Waals surface area contributed by atoms with Gasteiger partial charge in [0.15, 0.2) is 11.5 Å². The number of carbonyl (C=O) groups excluding carboxylic acids is 1. The molecule has 0 bridgehead atoms. The first-order valence-corrected chi connectivity index (χ1v) is 11.6. The smallest absolute Gasteiger partial charge is 0.243 e. The number of anilines is 2. The molecule has 11 heteroatoms. The van der Waals surface area contributed by atoms with E-state index in [9.17, 15) is 13.2 Å². The molecule has 0 atom stereocenters. The van der Waals surface area contributed by atoms with E-state index in [1.165, 1.54) is 42.8 Å². The number of hydrogen-bond donors (Lipinski definition) is 2. The maximum absolute atomic E-state index is 13.0. The van der Waals surface area contributed by atoms with E-state index in [0.717, 1.165) is 0 Å². The summed E-state index contributed by atoms with van der Waals surface area (Å²) in [4.78, 5) is 12.7. The van der Waals surface area contributed by atoms with Crippen molar-refractivity contribution in [3.05, 3.63) is 40.4 Å². The highest BCUT2D eigenvalue weighted by Gasteiger charge is 2.32. The van der Waals surface area contributed by atoms with E-state index >= 15 is 0 Å². The van der Waals surface area contributed by atoms with Crippen molar-refractivity contribution < 1.29 is 22.7 Å². The molecule has 1 saturated heterocycles. The Bertz CT molecular complexity index is 1060. The van der Waals surface area contributed by atoms with Crippen LogP contribution in [0, 0.1) is 5.92 Å². The first-order valence-electron chi connectivity index (χ1n) is 9.45. The van der Waals surface area contributed by atoms with Crippen molar-refractivity contribution in [1.82, 2.24) is 4.31 Å².